The lowest BCUT2D eigenvalue weighted by Gasteiger charge is -2.09. The van der Waals surface area contributed by atoms with Crippen LogP contribution in [0.15, 0.2) is 46.1 Å². The van der Waals surface area contributed by atoms with Gasteiger partial charge in [0, 0.05) is 23.3 Å². The Bertz CT molecular complexity index is 1290. The summed E-state index contributed by atoms with van der Waals surface area (Å²) in [6.45, 7) is 3.82. The zero-order chi connectivity index (χ0) is 20.1. The number of hydrogen-bond acceptors (Lipinski definition) is 4. The minimum absolute atomic E-state index is 0.0615. The van der Waals surface area contributed by atoms with Crippen LogP contribution in [0.2, 0.25) is 0 Å². The first kappa shape index (κ1) is 18.4. The average molecular weight is 397 g/mol. The van der Waals surface area contributed by atoms with Gasteiger partial charge in [-0.2, -0.15) is 0 Å². The lowest BCUT2D eigenvalue weighted by atomic mass is 10.1. The van der Waals surface area contributed by atoms with E-state index in [1.54, 1.807) is 12.1 Å². The van der Waals surface area contributed by atoms with E-state index in [9.17, 15) is 18.0 Å². The van der Waals surface area contributed by atoms with E-state index in [4.69, 9.17) is 0 Å². The van der Waals surface area contributed by atoms with Crippen molar-refractivity contribution in [1.29, 1.82) is 0 Å². The SMILES string of the molecule is Cc1cc2cc(CNS(=O)(=O)c3ccc4c(c3)CC(=O)N4)c(=O)[nH]c2cc1C. The number of rotatable bonds is 4. The number of amides is 1. The van der Waals surface area contributed by atoms with E-state index in [0.29, 0.717) is 16.8 Å². The standard InChI is InChI=1S/C20H19N3O4S/c1-11-5-13-7-15(20(25)23-18(13)6-12(11)2)10-21-28(26,27)16-3-4-17-14(8-16)9-19(24)22-17/h3-8,21H,9-10H2,1-2H3,(H,22,24)(H,23,25). The summed E-state index contributed by atoms with van der Waals surface area (Å²) in [5, 5.41) is 3.51. The Balaban J connectivity index is 1.61. The van der Waals surface area contributed by atoms with Gasteiger partial charge < -0.3 is 10.3 Å². The summed E-state index contributed by atoms with van der Waals surface area (Å²) in [6, 6.07) is 10.1. The highest BCUT2D eigenvalue weighted by atomic mass is 32.2. The molecule has 28 heavy (non-hydrogen) atoms. The van der Waals surface area contributed by atoms with Crippen LogP contribution in [0.5, 0.6) is 0 Å². The predicted octanol–water partition coefficient (Wildman–Crippen LogP) is 2.12. The molecule has 0 bridgehead atoms. The number of pyridine rings is 1. The lowest BCUT2D eigenvalue weighted by Crippen LogP contribution is -2.27. The highest BCUT2D eigenvalue weighted by molar-refractivity contribution is 7.89. The summed E-state index contributed by atoms with van der Waals surface area (Å²) in [6.07, 6.45) is 0.155. The molecule has 1 aliphatic heterocycles. The normalized spacial score (nSPS) is 13.6. The van der Waals surface area contributed by atoms with E-state index in [1.165, 1.54) is 12.1 Å². The van der Waals surface area contributed by atoms with Crippen molar-refractivity contribution in [2.45, 2.75) is 31.7 Å². The van der Waals surface area contributed by atoms with E-state index < -0.39 is 10.0 Å². The van der Waals surface area contributed by atoms with Crippen LogP contribution in [-0.2, 0) is 27.8 Å². The van der Waals surface area contributed by atoms with Crippen LogP contribution in [0.1, 0.15) is 22.3 Å². The number of anilines is 1. The fraction of sp³-hybridized carbons (Fsp3) is 0.200. The number of benzene rings is 2. The van der Waals surface area contributed by atoms with Crippen LogP contribution in [0.4, 0.5) is 5.69 Å². The first-order valence-electron chi connectivity index (χ1n) is 8.78. The second kappa shape index (κ2) is 6.57. The van der Waals surface area contributed by atoms with Gasteiger partial charge in [0.1, 0.15) is 0 Å². The number of nitrogens with one attached hydrogen (secondary N) is 3. The molecule has 2 heterocycles. The fourth-order valence-electron chi connectivity index (χ4n) is 3.28. The van der Waals surface area contributed by atoms with Crippen LogP contribution in [0.3, 0.4) is 0 Å². The van der Waals surface area contributed by atoms with Gasteiger partial charge in [-0.25, -0.2) is 13.1 Å². The Morgan fingerprint density at radius 1 is 1.04 bits per heavy atom. The van der Waals surface area contributed by atoms with E-state index in [-0.39, 0.29) is 29.3 Å². The zero-order valence-electron chi connectivity index (χ0n) is 15.4. The maximum absolute atomic E-state index is 12.6. The van der Waals surface area contributed by atoms with Gasteiger partial charge in [0.25, 0.3) is 5.56 Å². The number of aromatic amines is 1. The van der Waals surface area contributed by atoms with Gasteiger partial charge in [0.15, 0.2) is 0 Å². The monoisotopic (exact) mass is 397 g/mol. The lowest BCUT2D eigenvalue weighted by molar-refractivity contribution is -0.115. The Labute approximate surface area is 161 Å². The van der Waals surface area contributed by atoms with Gasteiger partial charge in [-0.05, 0) is 72.3 Å². The molecule has 7 nitrogen and oxygen atoms in total. The van der Waals surface area contributed by atoms with E-state index in [0.717, 1.165) is 22.0 Å². The molecule has 1 amide bonds. The molecule has 3 aromatic rings. The van der Waals surface area contributed by atoms with Gasteiger partial charge in [0.2, 0.25) is 15.9 Å². The zero-order valence-corrected chi connectivity index (χ0v) is 16.2. The molecule has 144 valence electrons. The highest BCUT2D eigenvalue weighted by Gasteiger charge is 2.22. The first-order valence-corrected chi connectivity index (χ1v) is 10.3. The molecular weight excluding hydrogens is 378 g/mol. The number of aromatic nitrogens is 1. The molecule has 0 radical (unpaired) electrons. The summed E-state index contributed by atoms with van der Waals surface area (Å²) in [5.41, 5.74) is 4.14. The maximum Gasteiger partial charge on any atom is 0.252 e. The number of H-pyrrole nitrogens is 1. The molecule has 0 unspecified atom stereocenters. The molecule has 0 saturated carbocycles. The molecule has 4 rings (SSSR count). The number of hydrogen-bond donors (Lipinski definition) is 3. The summed E-state index contributed by atoms with van der Waals surface area (Å²) < 4.78 is 27.7. The molecule has 0 aliphatic carbocycles. The van der Waals surface area contributed by atoms with E-state index in [1.807, 2.05) is 26.0 Å². The number of carbonyl (C=O) groups excluding carboxylic acids is 1. The topological polar surface area (TPSA) is 108 Å². The van der Waals surface area contributed by atoms with Crippen molar-refractivity contribution in [2.24, 2.45) is 0 Å². The summed E-state index contributed by atoms with van der Waals surface area (Å²) in [4.78, 5) is 26.6. The third-order valence-electron chi connectivity index (χ3n) is 5.00. The van der Waals surface area contributed by atoms with E-state index in [2.05, 4.69) is 15.0 Å². The Hall–Kier alpha value is -2.97. The van der Waals surface area contributed by atoms with Crippen LogP contribution in [-0.4, -0.2) is 19.3 Å². The molecule has 1 aromatic heterocycles. The minimum atomic E-state index is -3.82. The van der Waals surface area contributed by atoms with Gasteiger partial charge >= 0.3 is 0 Å². The van der Waals surface area contributed by atoms with Gasteiger partial charge in [-0.15, -0.1) is 0 Å². The smallest absolute Gasteiger partial charge is 0.252 e. The first-order chi connectivity index (χ1) is 13.2. The maximum atomic E-state index is 12.6. The summed E-state index contributed by atoms with van der Waals surface area (Å²) in [7, 11) is -3.82. The molecule has 3 N–H and O–H groups in total. The Morgan fingerprint density at radius 2 is 1.79 bits per heavy atom. The number of aryl methyl sites for hydroxylation is 2. The molecule has 0 spiro atoms. The van der Waals surface area contributed by atoms with Crippen molar-refractivity contribution in [1.82, 2.24) is 9.71 Å². The van der Waals surface area contributed by atoms with Gasteiger partial charge in [-0.1, -0.05) is 0 Å². The van der Waals surface area contributed by atoms with E-state index >= 15 is 0 Å². The minimum Gasteiger partial charge on any atom is -0.326 e. The molecule has 0 fully saturated rings. The number of carbonyl (C=O) groups is 1. The van der Waals surface area contributed by atoms with Crippen molar-refractivity contribution in [3.05, 3.63) is 69.0 Å². The second-order valence-electron chi connectivity index (χ2n) is 7.02. The Morgan fingerprint density at radius 3 is 2.57 bits per heavy atom. The van der Waals surface area contributed by atoms with Crippen molar-refractivity contribution < 1.29 is 13.2 Å². The second-order valence-corrected chi connectivity index (χ2v) is 8.78. The van der Waals surface area contributed by atoms with Crippen molar-refractivity contribution in [3.8, 4) is 0 Å². The number of sulfonamides is 1. The van der Waals surface area contributed by atoms with Gasteiger partial charge in [0.05, 0.1) is 11.3 Å². The third-order valence-corrected chi connectivity index (χ3v) is 6.40. The van der Waals surface area contributed by atoms with Crippen LogP contribution >= 0.6 is 0 Å². The van der Waals surface area contributed by atoms with Crippen molar-refractivity contribution in [3.63, 3.8) is 0 Å². The largest absolute Gasteiger partial charge is 0.326 e. The summed E-state index contributed by atoms with van der Waals surface area (Å²) >= 11 is 0. The molecule has 0 saturated heterocycles. The fourth-order valence-corrected chi connectivity index (χ4v) is 4.34. The molecular formula is C20H19N3O4S. The predicted molar refractivity (Wildman–Crippen MR) is 107 cm³/mol. The van der Waals surface area contributed by atoms with Crippen molar-refractivity contribution in [2.75, 3.05) is 5.32 Å². The van der Waals surface area contributed by atoms with Crippen LogP contribution in [0, 0.1) is 13.8 Å². The van der Waals surface area contributed by atoms with Gasteiger partial charge in [-0.3, -0.25) is 9.59 Å². The quantitative estimate of drug-likeness (QED) is 0.627. The third kappa shape index (κ3) is 3.32. The molecule has 1 aliphatic rings. The molecule has 2 aromatic carbocycles. The molecule has 8 heteroatoms. The van der Waals surface area contributed by atoms with Crippen molar-refractivity contribution >= 4 is 32.5 Å². The molecule has 0 atom stereocenters. The van der Waals surface area contributed by atoms with Crippen LogP contribution < -0.4 is 15.6 Å². The Kier molecular flexibility index (Phi) is 4.32. The average Bonchev–Trinajstić information content (AvgIpc) is 3.01. The summed E-state index contributed by atoms with van der Waals surface area (Å²) in [5.74, 6) is -0.161. The highest BCUT2D eigenvalue weighted by Crippen LogP contribution is 2.25. The number of fused-ring (bicyclic) bond motifs is 2. The van der Waals surface area contributed by atoms with Crippen LogP contribution in [0.25, 0.3) is 10.9 Å².